The van der Waals surface area contributed by atoms with Gasteiger partial charge in [0.1, 0.15) is 0 Å². The predicted octanol–water partition coefficient (Wildman–Crippen LogP) is 6.70. The van der Waals surface area contributed by atoms with Crippen molar-refractivity contribution < 1.29 is 14.7 Å². The molecule has 178 valence electrons. The number of benzene rings is 2. The first-order valence-corrected chi connectivity index (χ1v) is 11.7. The molecule has 1 unspecified atom stereocenters. The zero-order valence-corrected chi connectivity index (χ0v) is 21.5. The second-order valence-corrected chi connectivity index (χ2v) is 10.8. The summed E-state index contributed by atoms with van der Waals surface area (Å²) in [6.07, 6.45) is -1.01. The fourth-order valence-electron chi connectivity index (χ4n) is 4.71. The van der Waals surface area contributed by atoms with Crippen molar-refractivity contribution in [2.75, 3.05) is 25.5 Å². The third-order valence-corrected chi connectivity index (χ3v) is 6.87. The van der Waals surface area contributed by atoms with Gasteiger partial charge in [0, 0.05) is 53.4 Å². The Hall–Kier alpha value is -2.15. The number of halogens is 3. The van der Waals surface area contributed by atoms with Gasteiger partial charge in [0.15, 0.2) is 0 Å². The molecule has 0 aromatic heterocycles. The summed E-state index contributed by atoms with van der Waals surface area (Å²) in [7, 11) is 3.34. The minimum absolute atomic E-state index is 0.191. The molecule has 3 atom stereocenters. The summed E-state index contributed by atoms with van der Waals surface area (Å²) in [5, 5.41) is 11.4. The summed E-state index contributed by atoms with van der Waals surface area (Å²) in [5.74, 6) is -0.247. The van der Waals surface area contributed by atoms with Gasteiger partial charge in [-0.1, -0.05) is 67.7 Å². The van der Waals surface area contributed by atoms with Crippen LogP contribution in [-0.2, 0) is 0 Å². The molecule has 2 aromatic rings. The molecule has 6 nitrogen and oxygen atoms in total. The normalized spacial score (nSPS) is 20.6. The summed E-state index contributed by atoms with van der Waals surface area (Å²) in [5.41, 5.74) is 1.11. The molecule has 2 aromatic carbocycles. The van der Waals surface area contributed by atoms with Crippen LogP contribution in [0.4, 0.5) is 15.3 Å². The molecule has 1 aliphatic heterocycles. The third kappa shape index (κ3) is 5.34. The number of likely N-dealkylation sites (tertiary alicyclic amines) is 1. The molecule has 0 aliphatic carbocycles. The number of carboxylic acid groups (broad SMARTS) is 1. The van der Waals surface area contributed by atoms with Gasteiger partial charge in [0.2, 0.25) is 0 Å². The lowest BCUT2D eigenvalue weighted by atomic mass is 9.75. The molecule has 0 saturated carbocycles. The highest BCUT2D eigenvalue weighted by Crippen LogP contribution is 2.45. The Balaban J connectivity index is 2.02. The Morgan fingerprint density at radius 2 is 1.52 bits per heavy atom. The van der Waals surface area contributed by atoms with E-state index in [0.29, 0.717) is 20.8 Å². The monoisotopic (exact) mass is 511 g/mol. The lowest BCUT2D eigenvalue weighted by Gasteiger charge is -2.39. The summed E-state index contributed by atoms with van der Waals surface area (Å²) in [6, 6.07) is 11.3. The second-order valence-electron chi connectivity index (χ2n) is 9.47. The van der Waals surface area contributed by atoms with E-state index in [2.05, 4.69) is 0 Å². The van der Waals surface area contributed by atoms with Crippen LogP contribution in [0.5, 0.6) is 0 Å². The maximum Gasteiger partial charge on any atom is 0.407 e. The number of anilines is 1. The molecule has 9 heteroatoms. The number of carbonyl (C=O) groups excluding carboxylic acids is 1. The number of nitrogens with zero attached hydrogens (tertiary/aromatic N) is 3. The Kier molecular flexibility index (Phi) is 7.42. The van der Waals surface area contributed by atoms with Crippen molar-refractivity contribution in [3.05, 3.63) is 63.1 Å². The minimum atomic E-state index is -1.01. The fourth-order valence-corrected chi connectivity index (χ4v) is 5.35. The van der Waals surface area contributed by atoms with Gasteiger partial charge in [-0.15, -0.1) is 0 Å². The Bertz CT molecular complexity index is 1020. The molecule has 1 heterocycles. The number of hydrogen-bond acceptors (Lipinski definition) is 2. The number of amides is 3. The summed E-state index contributed by atoms with van der Waals surface area (Å²) < 4.78 is 0. The van der Waals surface area contributed by atoms with E-state index in [1.54, 1.807) is 49.3 Å². The lowest BCUT2D eigenvalue weighted by Crippen LogP contribution is -2.48. The molecule has 3 rings (SSSR count). The molecule has 1 aliphatic rings. The van der Waals surface area contributed by atoms with Crippen molar-refractivity contribution in [2.24, 2.45) is 5.41 Å². The van der Waals surface area contributed by atoms with Crippen molar-refractivity contribution in [3.8, 4) is 0 Å². The van der Waals surface area contributed by atoms with E-state index in [0.717, 1.165) is 5.56 Å². The van der Waals surface area contributed by atoms with Crippen LogP contribution in [-0.4, -0.2) is 59.8 Å². The summed E-state index contributed by atoms with van der Waals surface area (Å²) in [6.45, 7) is 6.24. The number of urea groups is 1. The second kappa shape index (κ2) is 9.61. The van der Waals surface area contributed by atoms with Gasteiger partial charge >= 0.3 is 12.1 Å². The van der Waals surface area contributed by atoms with Gasteiger partial charge in [-0.2, -0.15) is 0 Å². The summed E-state index contributed by atoms with van der Waals surface area (Å²) >= 11 is 18.4. The van der Waals surface area contributed by atoms with Gasteiger partial charge in [-0.25, -0.2) is 9.59 Å². The Morgan fingerprint density at radius 3 is 2.00 bits per heavy atom. The number of hydrogen-bond donors (Lipinski definition) is 1. The van der Waals surface area contributed by atoms with Crippen LogP contribution in [0.3, 0.4) is 0 Å². The van der Waals surface area contributed by atoms with E-state index >= 15 is 0 Å². The molecule has 3 amide bonds. The quantitative estimate of drug-likeness (QED) is 0.498. The van der Waals surface area contributed by atoms with E-state index in [1.807, 2.05) is 32.9 Å². The van der Waals surface area contributed by atoms with Crippen molar-refractivity contribution in [1.29, 1.82) is 0 Å². The average molecular weight is 513 g/mol. The van der Waals surface area contributed by atoms with Crippen LogP contribution in [0.15, 0.2) is 42.5 Å². The van der Waals surface area contributed by atoms with Gasteiger partial charge in [-0.3, -0.25) is 4.90 Å². The van der Waals surface area contributed by atoms with Gasteiger partial charge in [0.05, 0.1) is 6.04 Å². The third-order valence-electron chi connectivity index (χ3n) is 6.18. The first kappa shape index (κ1) is 25.5. The van der Waals surface area contributed by atoms with Gasteiger partial charge in [0.25, 0.3) is 0 Å². The molecule has 1 N–H and O–H groups in total. The van der Waals surface area contributed by atoms with Gasteiger partial charge in [-0.05, 0) is 41.3 Å². The zero-order chi connectivity index (χ0) is 24.7. The van der Waals surface area contributed by atoms with Crippen molar-refractivity contribution >= 4 is 52.6 Å². The molecule has 0 spiro atoms. The largest absolute Gasteiger partial charge is 0.465 e. The van der Waals surface area contributed by atoms with E-state index in [1.165, 1.54) is 9.80 Å². The molecule has 1 saturated heterocycles. The maximum absolute atomic E-state index is 13.5. The van der Waals surface area contributed by atoms with Crippen molar-refractivity contribution in [3.63, 3.8) is 0 Å². The first-order valence-electron chi connectivity index (χ1n) is 10.5. The summed E-state index contributed by atoms with van der Waals surface area (Å²) in [4.78, 5) is 30.2. The van der Waals surface area contributed by atoms with Crippen LogP contribution in [0.25, 0.3) is 0 Å². The zero-order valence-electron chi connectivity index (χ0n) is 19.2. The van der Waals surface area contributed by atoms with Crippen LogP contribution in [0.2, 0.25) is 15.1 Å². The molecule has 1 fully saturated rings. The number of carbonyl (C=O) groups is 2. The lowest BCUT2D eigenvalue weighted by molar-refractivity contribution is 0.101. The highest BCUT2D eigenvalue weighted by Gasteiger charge is 2.52. The van der Waals surface area contributed by atoms with Crippen LogP contribution < -0.4 is 4.90 Å². The van der Waals surface area contributed by atoms with Gasteiger partial charge < -0.3 is 14.9 Å². The van der Waals surface area contributed by atoms with Crippen molar-refractivity contribution in [2.45, 2.75) is 38.8 Å². The Morgan fingerprint density at radius 1 is 0.970 bits per heavy atom. The minimum Gasteiger partial charge on any atom is -0.465 e. The first-order chi connectivity index (χ1) is 15.3. The number of likely N-dealkylation sites (N-methyl/N-ethyl adjacent to an activating group) is 1. The fraction of sp³-hybridized carbons (Fsp3) is 0.417. The van der Waals surface area contributed by atoms with E-state index in [4.69, 9.17) is 34.8 Å². The molecular weight excluding hydrogens is 485 g/mol. The smallest absolute Gasteiger partial charge is 0.407 e. The highest BCUT2D eigenvalue weighted by atomic mass is 35.5. The van der Waals surface area contributed by atoms with Crippen LogP contribution >= 0.6 is 34.8 Å². The highest BCUT2D eigenvalue weighted by molar-refractivity contribution is 6.35. The SMILES string of the molecule is CN(C(=O)N(C)[C@@H]1CN(C(=O)O)C(C(C)(C)C)[C@H]1c1ccc(Cl)cc1)c1cc(Cl)cc(Cl)c1. The van der Waals surface area contributed by atoms with E-state index < -0.39 is 12.1 Å². The van der Waals surface area contributed by atoms with Crippen LogP contribution in [0, 0.1) is 5.41 Å². The molecular formula is C24H28Cl3N3O3. The average Bonchev–Trinajstić information content (AvgIpc) is 3.13. The predicted molar refractivity (Wildman–Crippen MR) is 134 cm³/mol. The van der Waals surface area contributed by atoms with E-state index in [9.17, 15) is 14.7 Å². The molecule has 0 bridgehead atoms. The maximum atomic E-state index is 13.5. The molecule has 33 heavy (non-hydrogen) atoms. The van der Waals surface area contributed by atoms with Crippen molar-refractivity contribution in [1.82, 2.24) is 9.80 Å². The molecule has 0 radical (unpaired) electrons. The standard InChI is InChI=1S/C24H28Cl3N3O3/c1-24(2,3)21-20(14-6-8-15(25)9-7-14)19(13-30(21)23(32)33)29(5)22(31)28(4)18-11-16(26)10-17(27)12-18/h6-12,19-21H,13H2,1-5H3,(H,32,33)/t19-,20+,21?/m1/s1. The Labute approximate surface area is 209 Å². The van der Waals surface area contributed by atoms with E-state index in [-0.39, 0.29) is 30.0 Å². The number of rotatable bonds is 3. The topological polar surface area (TPSA) is 64.1 Å². The van der Waals surface area contributed by atoms with Crippen LogP contribution in [0.1, 0.15) is 32.3 Å².